The van der Waals surface area contributed by atoms with Crippen molar-refractivity contribution in [3.05, 3.63) is 24.3 Å². The Morgan fingerprint density at radius 2 is 2.00 bits per heavy atom. The van der Waals surface area contributed by atoms with Gasteiger partial charge in [-0.3, -0.25) is 10.2 Å². The summed E-state index contributed by atoms with van der Waals surface area (Å²) in [6.45, 7) is 1.39. The first kappa shape index (κ1) is 10.3. The van der Waals surface area contributed by atoms with E-state index in [2.05, 4.69) is 5.43 Å². The summed E-state index contributed by atoms with van der Waals surface area (Å²) in [7, 11) is 1.59. The number of rotatable bonds is 3. The molecule has 0 aromatic heterocycles. The van der Waals surface area contributed by atoms with E-state index < -0.39 is 0 Å². The predicted molar refractivity (Wildman–Crippen MR) is 53.5 cm³/mol. The number of methoxy groups -OCH3 is 1. The number of ether oxygens (including phenoxy) is 1. The summed E-state index contributed by atoms with van der Waals surface area (Å²) in [5.74, 6) is 6.07. The number of anilines is 1. The lowest BCUT2D eigenvalue weighted by atomic mass is 10.3. The van der Waals surface area contributed by atoms with Crippen molar-refractivity contribution in [2.75, 3.05) is 12.2 Å². The number of nitrogens with zero attached hydrogens (tertiary/aromatic N) is 1. The molecule has 5 heteroatoms. The molecule has 0 bridgehead atoms. The molecular weight excluding hydrogens is 182 g/mol. The third kappa shape index (κ3) is 2.63. The second-order valence-corrected chi connectivity index (χ2v) is 2.74. The molecule has 5 nitrogen and oxygen atoms in total. The van der Waals surface area contributed by atoms with Crippen LogP contribution in [0.5, 0.6) is 5.75 Å². The molecule has 3 N–H and O–H groups in total. The van der Waals surface area contributed by atoms with Crippen LogP contribution in [0.1, 0.15) is 6.92 Å². The molecule has 0 fully saturated rings. The van der Waals surface area contributed by atoms with Crippen LogP contribution in [0.4, 0.5) is 5.69 Å². The first-order chi connectivity index (χ1) is 6.63. The van der Waals surface area contributed by atoms with E-state index in [1.54, 1.807) is 31.4 Å². The molecule has 0 radical (unpaired) electrons. The van der Waals surface area contributed by atoms with Crippen LogP contribution in [0.15, 0.2) is 24.3 Å². The molecule has 14 heavy (non-hydrogen) atoms. The van der Waals surface area contributed by atoms with Gasteiger partial charge in [0.15, 0.2) is 0 Å². The van der Waals surface area contributed by atoms with Crippen molar-refractivity contribution in [1.29, 1.82) is 0 Å². The molecule has 0 atom stereocenters. The van der Waals surface area contributed by atoms with Gasteiger partial charge in [0.25, 0.3) is 0 Å². The Bertz CT molecular complexity index is 310. The quantitative estimate of drug-likeness (QED) is 0.542. The zero-order valence-corrected chi connectivity index (χ0v) is 8.15. The monoisotopic (exact) mass is 195 g/mol. The number of hydrogen-bond donors (Lipinski definition) is 2. The molecule has 1 aromatic rings. The van der Waals surface area contributed by atoms with Crippen LogP contribution >= 0.6 is 0 Å². The maximum atomic E-state index is 10.7. The van der Waals surface area contributed by atoms with E-state index in [4.69, 9.17) is 10.6 Å². The van der Waals surface area contributed by atoms with E-state index in [9.17, 15) is 4.79 Å². The molecule has 0 unspecified atom stereocenters. The maximum absolute atomic E-state index is 10.7. The van der Waals surface area contributed by atoms with Crippen molar-refractivity contribution in [3.63, 3.8) is 0 Å². The lowest BCUT2D eigenvalue weighted by Gasteiger charge is -2.18. The SMILES string of the molecule is COc1ccc(N(N)NC(C)=O)cc1. The van der Waals surface area contributed by atoms with E-state index in [1.165, 1.54) is 6.92 Å². The second-order valence-electron chi connectivity index (χ2n) is 2.74. The van der Waals surface area contributed by atoms with E-state index in [0.29, 0.717) is 5.69 Å². The van der Waals surface area contributed by atoms with E-state index >= 15 is 0 Å². The van der Waals surface area contributed by atoms with Crippen molar-refractivity contribution in [1.82, 2.24) is 5.43 Å². The fraction of sp³-hybridized carbons (Fsp3) is 0.222. The first-order valence-electron chi connectivity index (χ1n) is 4.09. The molecule has 0 spiro atoms. The van der Waals surface area contributed by atoms with Gasteiger partial charge in [0.2, 0.25) is 5.91 Å². The molecule has 76 valence electrons. The Kier molecular flexibility index (Phi) is 3.30. The van der Waals surface area contributed by atoms with Crippen LogP contribution in [-0.4, -0.2) is 13.0 Å². The Morgan fingerprint density at radius 1 is 1.43 bits per heavy atom. The minimum absolute atomic E-state index is 0.219. The predicted octanol–water partition coefficient (Wildman–Crippen LogP) is 0.426. The van der Waals surface area contributed by atoms with Gasteiger partial charge in [-0.1, -0.05) is 0 Å². The molecule has 0 aliphatic heterocycles. The summed E-state index contributed by atoms with van der Waals surface area (Å²) in [4.78, 5) is 10.7. The normalized spacial score (nSPS) is 9.36. The van der Waals surface area contributed by atoms with Gasteiger partial charge in [0.05, 0.1) is 12.8 Å². The maximum Gasteiger partial charge on any atom is 0.236 e. The molecule has 0 saturated heterocycles. The molecule has 1 aromatic carbocycles. The summed E-state index contributed by atoms with van der Waals surface area (Å²) >= 11 is 0. The van der Waals surface area contributed by atoms with E-state index in [0.717, 1.165) is 10.9 Å². The number of carbonyl (C=O) groups is 1. The van der Waals surface area contributed by atoms with Crippen LogP contribution in [0, 0.1) is 0 Å². The van der Waals surface area contributed by atoms with E-state index in [-0.39, 0.29) is 5.91 Å². The Balaban J connectivity index is 2.71. The van der Waals surface area contributed by atoms with Gasteiger partial charge in [0.1, 0.15) is 5.75 Å². The molecule has 0 saturated carbocycles. The average molecular weight is 195 g/mol. The summed E-state index contributed by atoms with van der Waals surface area (Å²) in [6.07, 6.45) is 0. The van der Waals surface area contributed by atoms with Crippen molar-refractivity contribution >= 4 is 11.6 Å². The fourth-order valence-electron chi connectivity index (χ4n) is 0.977. The summed E-state index contributed by atoms with van der Waals surface area (Å²) in [5, 5.41) is 1.15. The summed E-state index contributed by atoms with van der Waals surface area (Å²) in [5.41, 5.74) is 3.11. The van der Waals surface area contributed by atoms with Gasteiger partial charge in [0, 0.05) is 6.92 Å². The number of nitrogens with one attached hydrogen (secondary N) is 1. The van der Waals surface area contributed by atoms with Gasteiger partial charge in [-0.15, -0.1) is 0 Å². The molecule has 0 aliphatic carbocycles. The van der Waals surface area contributed by atoms with Crippen LogP contribution in [0.3, 0.4) is 0 Å². The van der Waals surface area contributed by atoms with Crippen LogP contribution in [0.25, 0.3) is 0 Å². The highest BCUT2D eigenvalue weighted by Crippen LogP contribution is 2.15. The van der Waals surface area contributed by atoms with Gasteiger partial charge in [-0.05, 0) is 24.3 Å². The van der Waals surface area contributed by atoms with Crippen molar-refractivity contribution < 1.29 is 9.53 Å². The van der Waals surface area contributed by atoms with Crippen LogP contribution in [-0.2, 0) is 4.79 Å². The van der Waals surface area contributed by atoms with Crippen LogP contribution in [0.2, 0.25) is 0 Å². The van der Waals surface area contributed by atoms with Crippen LogP contribution < -0.4 is 21.1 Å². The highest BCUT2D eigenvalue weighted by Gasteiger charge is 2.02. The number of amides is 1. The van der Waals surface area contributed by atoms with Gasteiger partial charge in [-0.2, -0.15) is 0 Å². The zero-order chi connectivity index (χ0) is 10.6. The van der Waals surface area contributed by atoms with Crippen molar-refractivity contribution in [2.45, 2.75) is 6.92 Å². The highest BCUT2D eigenvalue weighted by atomic mass is 16.5. The third-order valence-electron chi connectivity index (χ3n) is 1.63. The second kappa shape index (κ2) is 4.48. The van der Waals surface area contributed by atoms with Gasteiger partial charge in [-0.25, -0.2) is 11.0 Å². The number of hydrogen-bond acceptors (Lipinski definition) is 4. The van der Waals surface area contributed by atoms with Gasteiger partial charge >= 0.3 is 0 Å². The molecular formula is C9H13N3O2. The Hall–Kier alpha value is -1.75. The topological polar surface area (TPSA) is 67.6 Å². The fourth-order valence-corrected chi connectivity index (χ4v) is 0.977. The third-order valence-corrected chi connectivity index (χ3v) is 1.63. The molecule has 0 aliphatic rings. The number of benzene rings is 1. The largest absolute Gasteiger partial charge is 0.497 e. The average Bonchev–Trinajstić information content (AvgIpc) is 2.17. The Morgan fingerprint density at radius 3 is 2.43 bits per heavy atom. The number of hydrazine groups is 2. The Labute approximate surface area is 82.4 Å². The number of nitrogens with two attached hydrogens (primary N) is 1. The minimum atomic E-state index is -0.219. The molecule has 0 heterocycles. The standard InChI is InChI=1S/C9H13N3O2/c1-7(13)11-12(10)8-3-5-9(14-2)6-4-8/h3-6H,10H2,1-2H3,(H,11,13). The summed E-state index contributed by atoms with van der Waals surface area (Å²) in [6, 6.07) is 7.01. The molecule has 1 rings (SSSR count). The van der Waals surface area contributed by atoms with E-state index in [1.807, 2.05) is 0 Å². The van der Waals surface area contributed by atoms with Crippen molar-refractivity contribution in [2.24, 2.45) is 5.84 Å². The summed E-state index contributed by atoms with van der Waals surface area (Å²) < 4.78 is 4.98. The number of carbonyl (C=O) groups excluding carboxylic acids is 1. The highest BCUT2D eigenvalue weighted by molar-refractivity contribution is 5.74. The zero-order valence-electron chi connectivity index (χ0n) is 8.15. The van der Waals surface area contributed by atoms with Crippen molar-refractivity contribution in [3.8, 4) is 5.75 Å². The van der Waals surface area contributed by atoms with Gasteiger partial charge < -0.3 is 4.74 Å². The minimum Gasteiger partial charge on any atom is -0.497 e. The first-order valence-corrected chi connectivity index (χ1v) is 4.09. The smallest absolute Gasteiger partial charge is 0.236 e. The molecule has 1 amide bonds. The lowest BCUT2D eigenvalue weighted by molar-refractivity contribution is -0.119. The lowest BCUT2D eigenvalue weighted by Crippen LogP contribution is -2.46.